The molecule has 0 saturated carbocycles. The number of thiophene rings is 1. The summed E-state index contributed by atoms with van der Waals surface area (Å²) in [6.45, 7) is 6.27. The van der Waals surface area contributed by atoms with Crippen molar-refractivity contribution in [1.82, 2.24) is 15.0 Å². The van der Waals surface area contributed by atoms with E-state index in [0.29, 0.717) is 6.54 Å². The van der Waals surface area contributed by atoms with E-state index in [9.17, 15) is 4.79 Å². The molecule has 6 heteroatoms. The minimum atomic E-state index is -0.476. The van der Waals surface area contributed by atoms with Crippen molar-refractivity contribution >= 4 is 17.3 Å². The van der Waals surface area contributed by atoms with Gasteiger partial charge in [0.15, 0.2) is 5.69 Å². The van der Waals surface area contributed by atoms with Gasteiger partial charge in [-0.3, -0.25) is 0 Å². The maximum Gasteiger partial charge on any atom is 0.360 e. The fourth-order valence-corrected chi connectivity index (χ4v) is 1.99. The van der Waals surface area contributed by atoms with Gasteiger partial charge < -0.3 is 4.74 Å². The van der Waals surface area contributed by atoms with Gasteiger partial charge in [0.1, 0.15) is 6.61 Å². The molecule has 0 fully saturated rings. The largest absolute Gasteiger partial charge is 0.456 e. The molecule has 94 valence electrons. The van der Waals surface area contributed by atoms with E-state index in [1.165, 1.54) is 0 Å². The van der Waals surface area contributed by atoms with Crippen LogP contribution < -0.4 is 0 Å². The molecule has 2 aromatic rings. The first-order chi connectivity index (χ1) is 8.65. The summed E-state index contributed by atoms with van der Waals surface area (Å²) in [6, 6.07) is 3.98. The minimum absolute atomic E-state index is 0.205. The first-order valence-corrected chi connectivity index (χ1v) is 6.27. The first-order valence-electron chi connectivity index (χ1n) is 5.39. The van der Waals surface area contributed by atoms with Crippen LogP contribution in [0.1, 0.15) is 22.3 Å². The molecule has 0 spiro atoms. The Morgan fingerprint density at radius 1 is 1.61 bits per heavy atom. The van der Waals surface area contributed by atoms with Crippen LogP contribution >= 0.6 is 11.3 Å². The van der Waals surface area contributed by atoms with Crippen LogP contribution in [0.15, 0.2) is 35.9 Å². The molecule has 5 nitrogen and oxygen atoms in total. The number of rotatable bonds is 5. The molecule has 0 aliphatic heterocycles. The lowest BCUT2D eigenvalue weighted by molar-refractivity contribution is 0.0533. The van der Waals surface area contributed by atoms with Crippen molar-refractivity contribution < 1.29 is 9.53 Å². The van der Waals surface area contributed by atoms with Gasteiger partial charge in [-0.25, -0.2) is 9.48 Å². The third-order valence-electron chi connectivity index (χ3n) is 2.10. The van der Waals surface area contributed by atoms with E-state index in [1.54, 1.807) is 29.1 Å². The number of carbonyl (C=O) groups excluding carboxylic acids is 1. The Balaban J connectivity index is 1.97. The van der Waals surface area contributed by atoms with Crippen LogP contribution in [0.3, 0.4) is 0 Å². The highest BCUT2D eigenvalue weighted by atomic mass is 32.1. The summed E-state index contributed by atoms with van der Waals surface area (Å²) in [6.07, 6.45) is 1.58. The summed E-state index contributed by atoms with van der Waals surface area (Å²) < 4.78 is 6.60. The molecular weight excluding hydrogens is 250 g/mol. The fraction of sp³-hybridized carbons (Fsp3) is 0.250. The van der Waals surface area contributed by atoms with Crippen molar-refractivity contribution in [3.63, 3.8) is 0 Å². The average molecular weight is 263 g/mol. The molecule has 2 rings (SSSR count). The van der Waals surface area contributed by atoms with E-state index in [-0.39, 0.29) is 12.3 Å². The lowest BCUT2D eigenvalue weighted by atomic mass is 10.4. The molecule has 0 aliphatic carbocycles. The molecule has 0 amide bonds. The SMILES string of the molecule is C=C(C)COC(=O)c1cn(Cc2cccs2)nn1. The van der Waals surface area contributed by atoms with E-state index in [0.717, 1.165) is 10.5 Å². The zero-order valence-electron chi connectivity index (χ0n) is 10.00. The summed E-state index contributed by atoms with van der Waals surface area (Å²) >= 11 is 1.63. The second-order valence-electron chi connectivity index (χ2n) is 3.91. The Morgan fingerprint density at radius 3 is 3.11 bits per heavy atom. The van der Waals surface area contributed by atoms with Crippen LogP contribution in [0, 0.1) is 0 Å². The number of hydrogen-bond donors (Lipinski definition) is 0. The van der Waals surface area contributed by atoms with E-state index in [1.807, 2.05) is 17.5 Å². The van der Waals surface area contributed by atoms with E-state index in [4.69, 9.17) is 4.74 Å². The highest BCUT2D eigenvalue weighted by molar-refractivity contribution is 7.09. The fourth-order valence-electron chi connectivity index (χ4n) is 1.29. The van der Waals surface area contributed by atoms with Crippen LogP contribution in [0.25, 0.3) is 0 Å². The summed E-state index contributed by atoms with van der Waals surface area (Å²) in [7, 11) is 0. The van der Waals surface area contributed by atoms with Gasteiger partial charge in [-0.1, -0.05) is 17.9 Å². The average Bonchev–Trinajstić information content (AvgIpc) is 2.98. The van der Waals surface area contributed by atoms with Crippen molar-refractivity contribution in [2.75, 3.05) is 6.61 Å². The third-order valence-corrected chi connectivity index (χ3v) is 2.96. The Bertz CT molecular complexity index is 545. The zero-order chi connectivity index (χ0) is 13.0. The van der Waals surface area contributed by atoms with E-state index >= 15 is 0 Å². The maximum atomic E-state index is 11.6. The number of hydrogen-bond acceptors (Lipinski definition) is 5. The number of carbonyl (C=O) groups is 1. The number of aromatic nitrogens is 3. The molecule has 0 saturated heterocycles. The smallest absolute Gasteiger partial charge is 0.360 e. The highest BCUT2D eigenvalue weighted by Gasteiger charge is 2.12. The van der Waals surface area contributed by atoms with Crippen molar-refractivity contribution in [3.05, 3.63) is 46.4 Å². The second kappa shape index (κ2) is 5.59. The molecular formula is C12H13N3O2S. The Morgan fingerprint density at radius 2 is 2.44 bits per heavy atom. The topological polar surface area (TPSA) is 57.0 Å². The number of ether oxygens (including phenoxy) is 1. The van der Waals surface area contributed by atoms with Crippen LogP contribution in [0.4, 0.5) is 0 Å². The molecule has 0 aliphatic rings. The molecule has 2 aromatic heterocycles. The first kappa shape index (κ1) is 12.5. The molecule has 0 radical (unpaired) electrons. The summed E-state index contributed by atoms with van der Waals surface area (Å²) in [4.78, 5) is 12.7. The van der Waals surface area contributed by atoms with Crippen molar-refractivity contribution in [1.29, 1.82) is 0 Å². The molecule has 0 atom stereocenters. The normalized spacial score (nSPS) is 10.3. The van der Waals surface area contributed by atoms with Crippen LogP contribution in [0.2, 0.25) is 0 Å². The summed E-state index contributed by atoms with van der Waals surface area (Å²) in [5.74, 6) is -0.476. The monoisotopic (exact) mass is 263 g/mol. The zero-order valence-corrected chi connectivity index (χ0v) is 10.8. The van der Waals surface area contributed by atoms with Gasteiger partial charge in [-0.05, 0) is 23.9 Å². The second-order valence-corrected chi connectivity index (χ2v) is 4.95. The summed E-state index contributed by atoms with van der Waals surface area (Å²) in [5.41, 5.74) is 1.00. The summed E-state index contributed by atoms with van der Waals surface area (Å²) in [5, 5.41) is 9.67. The van der Waals surface area contributed by atoms with Crippen molar-refractivity contribution in [3.8, 4) is 0 Å². The van der Waals surface area contributed by atoms with E-state index in [2.05, 4.69) is 16.9 Å². The van der Waals surface area contributed by atoms with Crippen molar-refractivity contribution in [2.24, 2.45) is 0 Å². The predicted octanol–water partition coefficient (Wildman–Crippen LogP) is 2.12. The van der Waals surface area contributed by atoms with Crippen LogP contribution in [-0.2, 0) is 11.3 Å². The van der Waals surface area contributed by atoms with Gasteiger partial charge in [0.25, 0.3) is 0 Å². The van der Waals surface area contributed by atoms with Crippen LogP contribution in [0.5, 0.6) is 0 Å². The van der Waals surface area contributed by atoms with E-state index < -0.39 is 5.97 Å². The van der Waals surface area contributed by atoms with Gasteiger partial charge >= 0.3 is 5.97 Å². The van der Waals surface area contributed by atoms with Crippen molar-refractivity contribution in [2.45, 2.75) is 13.5 Å². The third kappa shape index (κ3) is 3.27. The molecule has 2 heterocycles. The quantitative estimate of drug-likeness (QED) is 0.612. The maximum absolute atomic E-state index is 11.6. The predicted molar refractivity (Wildman–Crippen MR) is 68.5 cm³/mol. The molecule has 0 bridgehead atoms. The van der Waals surface area contributed by atoms with Gasteiger partial charge in [-0.2, -0.15) is 0 Å². The lowest BCUT2D eigenvalue weighted by Crippen LogP contribution is -2.07. The van der Waals surface area contributed by atoms with Gasteiger partial charge in [-0.15, -0.1) is 16.4 Å². The Hall–Kier alpha value is -1.95. The Labute approximate surface area is 109 Å². The standard InChI is InChI=1S/C12H13N3O2S/c1-9(2)8-17-12(16)11-7-15(14-13-11)6-10-4-3-5-18-10/h3-5,7H,1,6,8H2,2H3. The lowest BCUT2D eigenvalue weighted by Gasteiger charge is -2.00. The van der Waals surface area contributed by atoms with Gasteiger partial charge in [0, 0.05) is 4.88 Å². The molecule has 0 unspecified atom stereocenters. The molecule has 18 heavy (non-hydrogen) atoms. The van der Waals surface area contributed by atoms with Gasteiger partial charge in [0.2, 0.25) is 0 Å². The van der Waals surface area contributed by atoms with Crippen LogP contribution in [-0.4, -0.2) is 27.6 Å². The minimum Gasteiger partial charge on any atom is -0.456 e. The Kier molecular flexibility index (Phi) is 3.88. The number of nitrogens with zero attached hydrogens (tertiary/aromatic N) is 3. The number of esters is 1. The highest BCUT2D eigenvalue weighted by Crippen LogP contribution is 2.10. The molecule has 0 aromatic carbocycles. The molecule has 0 N–H and O–H groups in total. The van der Waals surface area contributed by atoms with Gasteiger partial charge in [0.05, 0.1) is 12.7 Å².